The van der Waals surface area contributed by atoms with Gasteiger partial charge in [-0.3, -0.25) is 4.90 Å². The lowest BCUT2D eigenvalue weighted by Crippen LogP contribution is -2.33. The van der Waals surface area contributed by atoms with Crippen molar-refractivity contribution in [1.82, 2.24) is 4.90 Å². The number of hydrogen-bond acceptors (Lipinski definition) is 1. The molecule has 0 atom stereocenters. The molecule has 1 aliphatic heterocycles. The molecule has 0 radical (unpaired) electrons. The summed E-state index contributed by atoms with van der Waals surface area (Å²) in [5.41, 5.74) is 5.62. The van der Waals surface area contributed by atoms with Gasteiger partial charge >= 0.3 is 0 Å². The molecule has 2 aromatic rings. The van der Waals surface area contributed by atoms with E-state index < -0.39 is 0 Å². The Kier molecular flexibility index (Phi) is 4.21. The molecule has 1 aliphatic rings. The van der Waals surface area contributed by atoms with Gasteiger partial charge in [0.25, 0.3) is 0 Å². The molecule has 2 aromatic carbocycles. The predicted octanol–water partition coefficient (Wildman–Crippen LogP) is 4.65. The highest BCUT2D eigenvalue weighted by Gasteiger charge is 2.24. The van der Waals surface area contributed by atoms with Crippen LogP contribution in [0.5, 0.6) is 0 Å². The topological polar surface area (TPSA) is 3.24 Å². The largest absolute Gasteiger partial charge is 0.288 e. The van der Waals surface area contributed by atoms with Crippen LogP contribution in [0, 0.1) is 13.8 Å². The Morgan fingerprint density at radius 2 is 1.38 bits per heavy atom. The van der Waals surface area contributed by atoms with Crippen molar-refractivity contribution in [1.29, 1.82) is 0 Å². The van der Waals surface area contributed by atoms with Crippen LogP contribution in [0.3, 0.4) is 0 Å². The fraction of sp³-hybridized carbons (Fsp3) is 0.300. The first-order valence-corrected chi connectivity index (χ1v) is 7.77. The van der Waals surface area contributed by atoms with Crippen LogP contribution in [-0.4, -0.2) is 18.0 Å². The molecule has 0 amide bonds. The van der Waals surface area contributed by atoms with Crippen molar-refractivity contribution < 1.29 is 0 Å². The molecule has 1 heterocycles. The van der Waals surface area contributed by atoms with Crippen LogP contribution < -0.4 is 0 Å². The molecule has 0 aliphatic carbocycles. The van der Waals surface area contributed by atoms with Crippen LogP contribution in [-0.2, 0) is 0 Å². The highest BCUT2D eigenvalue weighted by Crippen LogP contribution is 2.33. The average molecular weight is 277 g/mol. The van der Waals surface area contributed by atoms with Gasteiger partial charge in [-0.05, 0) is 42.5 Å². The molecule has 0 saturated heterocycles. The highest BCUT2D eigenvalue weighted by molar-refractivity contribution is 5.40. The quantitative estimate of drug-likeness (QED) is 0.738. The summed E-state index contributed by atoms with van der Waals surface area (Å²) < 4.78 is 0. The minimum Gasteiger partial charge on any atom is -0.288 e. The van der Waals surface area contributed by atoms with Gasteiger partial charge < -0.3 is 0 Å². The fourth-order valence-corrected chi connectivity index (χ4v) is 3.24. The standard InChI is InChI=1S/C20H23N/c1-16-10-4-6-12-18(16)20(21-14-8-3-9-15-21)19-13-7-5-11-17(19)2/h3-8,10-13,20H,9,14-15H2,1-2H3. The average Bonchev–Trinajstić information content (AvgIpc) is 2.52. The molecule has 1 nitrogen and oxygen atoms in total. The first-order chi connectivity index (χ1) is 10.3. The monoisotopic (exact) mass is 277 g/mol. The second-order valence-electron chi connectivity index (χ2n) is 5.87. The first-order valence-electron chi connectivity index (χ1n) is 7.77. The molecule has 21 heavy (non-hydrogen) atoms. The third-order valence-electron chi connectivity index (χ3n) is 4.42. The molecular weight excluding hydrogens is 254 g/mol. The van der Waals surface area contributed by atoms with Gasteiger partial charge in [0.15, 0.2) is 0 Å². The van der Waals surface area contributed by atoms with E-state index in [9.17, 15) is 0 Å². The Morgan fingerprint density at radius 3 is 1.86 bits per heavy atom. The molecule has 0 fully saturated rings. The summed E-state index contributed by atoms with van der Waals surface area (Å²) in [6.45, 7) is 6.61. The summed E-state index contributed by atoms with van der Waals surface area (Å²) in [5.74, 6) is 0. The van der Waals surface area contributed by atoms with Gasteiger partial charge in [-0.2, -0.15) is 0 Å². The number of rotatable bonds is 3. The van der Waals surface area contributed by atoms with E-state index in [1.807, 2.05) is 0 Å². The number of nitrogens with zero attached hydrogens (tertiary/aromatic N) is 1. The summed E-state index contributed by atoms with van der Waals surface area (Å²) in [5, 5.41) is 0. The lowest BCUT2D eigenvalue weighted by molar-refractivity contribution is 0.245. The normalized spacial score (nSPS) is 15.6. The van der Waals surface area contributed by atoms with Gasteiger partial charge in [0.2, 0.25) is 0 Å². The Balaban J connectivity index is 2.09. The summed E-state index contributed by atoms with van der Waals surface area (Å²) in [6, 6.07) is 17.9. The zero-order chi connectivity index (χ0) is 14.7. The van der Waals surface area contributed by atoms with Crippen LogP contribution in [0.4, 0.5) is 0 Å². The SMILES string of the molecule is Cc1ccccc1C(c1ccccc1C)N1CC=CCC1. The molecule has 0 saturated carbocycles. The molecule has 0 N–H and O–H groups in total. The summed E-state index contributed by atoms with van der Waals surface area (Å²) in [7, 11) is 0. The van der Waals surface area contributed by atoms with Gasteiger partial charge in [-0.15, -0.1) is 0 Å². The lowest BCUT2D eigenvalue weighted by atomic mass is 9.90. The molecular formula is C20H23N. The maximum absolute atomic E-state index is 2.59. The number of aryl methyl sites for hydroxylation is 2. The van der Waals surface area contributed by atoms with Crippen molar-refractivity contribution in [3.8, 4) is 0 Å². The van der Waals surface area contributed by atoms with Crippen LogP contribution >= 0.6 is 0 Å². The van der Waals surface area contributed by atoms with E-state index >= 15 is 0 Å². The molecule has 0 unspecified atom stereocenters. The van der Waals surface area contributed by atoms with E-state index in [0.29, 0.717) is 6.04 Å². The number of benzene rings is 2. The van der Waals surface area contributed by atoms with E-state index in [1.165, 1.54) is 22.3 Å². The van der Waals surface area contributed by atoms with Gasteiger partial charge in [0.1, 0.15) is 0 Å². The van der Waals surface area contributed by atoms with Crippen molar-refractivity contribution in [3.63, 3.8) is 0 Å². The zero-order valence-corrected chi connectivity index (χ0v) is 12.9. The van der Waals surface area contributed by atoms with Crippen molar-refractivity contribution in [3.05, 3.63) is 82.9 Å². The summed E-state index contributed by atoms with van der Waals surface area (Å²) in [4.78, 5) is 2.59. The molecule has 0 spiro atoms. The molecule has 0 aromatic heterocycles. The Hall–Kier alpha value is -1.86. The smallest absolute Gasteiger partial charge is 0.0609 e. The number of hydrogen-bond donors (Lipinski definition) is 0. The van der Waals surface area contributed by atoms with E-state index in [1.54, 1.807) is 0 Å². The fourth-order valence-electron chi connectivity index (χ4n) is 3.24. The Labute approximate surface area is 127 Å². The van der Waals surface area contributed by atoms with Gasteiger partial charge in [-0.1, -0.05) is 60.7 Å². The van der Waals surface area contributed by atoms with Crippen LogP contribution in [0.15, 0.2) is 60.7 Å². The van der Waals surface area contributed by atoms with Gasteiger partial charge in [0.05, 0.1) is 6.04 Å². The Bertz CT molecular complexity index is 596. The third kappa shape index (κ3) is 2.93. The predicted molar refractivity (Wildman–Crippen MR) is 89.5 cm³/mol. The van der Waals surface area contributed by atoms with Crippen molar-refractivity contribution in [2.24, 2.45) is 0 Å². The maximum Gasteiger partial charge on any atom is 0.0609 e. The van der Waals surface area contributed by atoms with Crippen LogP contribution in [0.25, 0.3) is 0 Å². The maximum atomic E-state index is 2.59. The van der Waals surface area contributed by atoms with Crippen molar-refractivity contribution >= 4 is 0 Å². The van der Waals surface area contributed by atoms with Gasteiger partial charge in [0, 0.05) is 13.1 Å². The Morgan fingerprint density at radius 1 is 0.810 bits per heavy atom. The first kappa shape index (κ1) is 14.1. The molecule has 1 heteroatoms. The van der Waals surface area contributed by atoms with E-state index in [4.69, 9.17) is 0 Å². The van der Waals surface area contributed by atoms with Crippen LogP contribution in [0.1, 0.15) is 34.7 Å². The summed E-state index contributed by atoms with van der Waals surface area (Å²) in [6.07, 6.45) is 5.74. The molecule has 3 rings (SSSR count). The van der Waals surface area contributed by atoms with Gasteiger partial charge in [-0.25, -0.2) is 0 Å². The minimum absolute atomic E-state index is 0.359. The zero-order valence-electron chi connectivity index (χ0n) is 12.9. The van der Waals surface area contributed by atoms with E-state index in [2.05, 4.69) is 79.4 Å². The minimum atomic E-state index is 0.359. The van der Waals surface area contributed by atoms with Crippen LogP contribution in [0.2, 0.25) is 0 Å². The highest BCUT2D eigenvalue weighted by atomic mass is 15.2. The second-order valence-corrected chi connectivity index (χ2v) is 5.87. The van der Waals surface area contributed by atoms with E-state index in [0.717, 1.165) is 19.5 Å². The molecule has 0 bridgehead atoms. The van der Waals surface area contributed by atoms with Crippen molar-refractivity contribution in [2.75, 3.05) is 13.1 Å². The summed E-state index contributed by atoms with van der Waals surface area (Å²) >= 11 is 0. The van der Waals surface area contributed by atoms with E-state index in [-0.39, 0.29) is 0 Å². The molecule has 108 valence electrons. The lowest BCUT2D eigenvalue weighted by Gasteiger charge is -2.35. The second kappa shape index (κ2) is 6.28. The third-order valence-corrected chi connectivity index (χ3v) is 4.42. The van der Waals surface area contributed by atoms with Crippen molar-refractivity contribution in [2.45, 2.75) is 26.3 Å².